The molecule has 0 radical (unpaired) electrons. The first-order chi connectivity index (χ1) is 9.70. The number of nitrogens with one attached hydrogen (secondary N) is 2. The van der Waals surface area contributed by atoms with E-state index >= 15 is 0 Å². The maximum absolute atomic E-state index is 11.6. The van der Waals surface area contributed by atoms with E-state index in [0.29, 0.717) is 12.1 Å². The van der Waals surface area contributed by atoms with Crippen LogP contribution in [0.3, 0.4) is 0 Å². The highest BCUT2D eigenvalue weighted by Crippen LogP contribution is 2.11. The van der Waals surface area contributed by atoms with Crippen molar-refractivity contribution in [2.75, 3.05) is 18.5 Å². The molecule has 0 bridgehead atoms. The molecule has 0 aliphatic heterocycles. The Morgan fingerprint density at radius 2 is 2.05 bits per heavy atom. The van der Waals surface area contributed by atoms with Gasteiger partial charge in [0.2, 0.25) is 0 Å². The van der Waals surface area contributed by atoms with E-state index in [0.717, 1.165) is 11.4 Å². The number of carbonyl (C=O) groups is 1. The molecule has 0 atom stereocenters. The topological polar surface area (TPSA) is 79.2 Å². The second-order valence-corrected chi connectivity index (χ2v) is 4.36. The first-order valence-electron chi connectivity index (χ1n) is 6.40. The van der Waals surface area contributed by atoms with E-state index in [1.54, 1.807) is 18.3 Å². The van der Waals surface area contributed by atoms with Gasteiger partial charge in [0.25, 0.3) is 5.91 Å². The van der Waals surface area contributed by atoms with Gasteiger partial charge in [-0.3, -0.25) is 9.48 Å². The molecule has 6 heteroatoms. The monoisotopic (exact) mass is 274 g/mol. The standard InChI is InChI=1S/C14H18N4O2/c1-18-13(6-7-17-18)10-16-12-4-2-11(3-5-12)14(20)15-8-9-19/h2-7,16,19H,8-10H2,1H3,(H,15,20). The van der Waals surface area contributed by atoms with Crippen molar-refractivity contribution in [3.63, 3.8) is 0 Å². The minimum atomic E-state index is -0.183. The molecule has 1 aromatic heterocycles. The number of aromatic nitrogens is 2. The molecular weight excluding hydrogens is 256 g/mol. The highest BCUT2D eigenvalue weighted by Gasteiger charge is 2.04. The lowest BCUT2D eigenvalue weighted by Crippen LogP contribution is -2.26. The molecule has 0 unspecified atom stereocenters. The molecule has 0 saturated carbocycles. The van der Waals surface area contributed by atoms with Crippen molar-refractivity contribution in [2.24, 2.45) is 7.05 Å². The Bertz CT molecular complexity index is 563. The number of aliphatic hydroxyl groups excluding tert-OH is 1. The number of nitrogens with zero attached hydrogens (tertiary/aromatic N) is 2. The summed E-state index contributed by atoms with van der Waals surface area (Å²) in [6.45, 7) is 0.877. The summed E-state index contributed by atoms with van der Waals surface area (Å²) in [5.74, 6) is -0.183. The lowest BCUT2D eigenvalue weighted by atomic mass is 10.2. The first-order valence-corrected chi connectivity index (χ1v) is 6.40. The number of aliphatic hydroxyl groups is 1. The first kappa shape index (κ1) is 14.1. The molecule has 1 heterocycles. The number of benzene rings is 1. The molecule has 3 N–H and O–H groups in total. The van der Waals surface area contributed by atoms with E-state index in [-0.39, 0.29) is 19.1 Å². The summed E-state index contributed by atoms with van der Waals surface area (Å²) in [6, 6.07) is 9.15. The third kappa shape index (κ3) is 3.58. The van der Waals surface area contributed by atoms with Crippen LogP contribution in [0, 0.1) is 0 Å². The van der Waals surface area contributed by atoms with Crippen LogP contribution in [0.2, 0.25) is 0 Å². The maximum atomic E-state index is 11.6. The largest absolute Gasteiger partial charge is 0.395 e. The van der Waals surface area contributed by atoms with Crippen molar-refractivity contribution in [1.82, 2.24) is 15.1 Å². The van der Waals surface area contributed by atoms with Gasteiger partial charge in [-0.15, -0.1) is 0 Å². The fourth-order valence-electron chi connectivity index (χ4n) is 1.78. The van der Waals surface area contributed by atoms with Crippen molar-refractivity contribution < 1.29 is 9.90 Å². The van der Waals surface area contributed by atoms with Gasteiger partial charge >= 0.3 is 0 Å². The van der Waals surface area contributed by atoms with E-state index in [1.165, 1.54) is 0 Å². The predicted molar refractivity (Wildman–Crippen MR) is 76.4 cm³/mol. The predicted octanol–water partition coefficient (Wildman–Crippen LogP) is 0.754. The number of hydrogen-bond donors (Lipinski definition) is 3. The van der Waals surface area contributed by atoms with Crippen LogP contribution in [0.1, 0.15) is 16.1 Å². The summed E-state index contributed by atoms with van der Waals surface area (Å²) in [5.41, 5.74) is 2.59. The molecule has 0 saturated heterocycles. The number of rotatable bonds is 6. The van der Waals surface area contributed by atoms with Crippen LogP contribution >= 0.6 is 0 Å². The number of aryl methyl sites for hydroxylation is 1. The van der Waals surface area contributed by atoms with Gasteiger partial charge in [0.05, 0.1) is 18.8 Å². The third-order valence-electron chi connectivity index (χ3n) is 2.94. The Morgan fingerprint density at radius 1 is 1.30 bits per heavy atom. The second kappa shape index (κ2) is 6.72. The molecule has 20 heavy (non-hydrogen) atoms. The summed E-state index contributed by atoms with van der Waals surface area (Å²) in [6.07, 6.45) is 1.76. The summed E-state index contributed by atoms with van der Waals surface area (Å²) in [4.78, 5) is 11.6. The highest BCUT2D eigenvalue weighted by atomic mass is 16.3. The molecule has 1 amide bonds. The number of amides is 1. The quantitative estimate of drug-likeness (QED) is 0.726. The molecule has 6 nitrogen and oxygen atoms in total. The Hall–Kier alpha value is -2.34. The number of carbonyl (C=O) groups excluding carboxylic acids is 1. The van der Waals surface area contributed by atoms with E-state index in [2.05, 4.69) is 15.7 Å². The van der Waals surface area contributed by atoms with Crippen molar-refractivity contribution in [3.8, 4) is 0 Å². The smallest absolute Gasteiger partial charge is 0.251 e. The Labute approximate surface area is 117 Å². The van der Waals surface area contributed by atoms with Crippen molar-refractivity contribution >= 4 is 11.6 Å². The van der Waals surface area contributed by atoms with Crippen LogP contribution < -0.4 is 10.6 Å². The minimum Gasteiger partial charge on any atom is -0.395 e. The molecule has 1 aromatic carbocycles. The molecule has 0 aliphatic rings. The Balaban J connectivity index is 1.91. The molecule has 0 aliphatic carbocycles. The van der Waals surface area contributed by atoms with Gasteiger partial charge in [0.15, 0.2) is 0 Å². The lowest BCUT2D eigenvalue weighted by Gasteiger charge is -2.08. The fraction of sp³-hybridized carbons (Fsp3) is 0.286. The second-order valence-electron chi connectivity index (χ2n) is 4.36. The van der Waals surface area contributed by atoms with Crippen LogP contribution in [-0.2, 0) is 13.6 Å². The van der Waals surface area contributed by atoms with Gasteiger partial charge in [-0.05, 0) is 30.3 Å². The average molecular weight is 274 g/mol. The fourth-order valence-corrected chi connectivity index (χ4v) is 1.78. The van der Waals surface area contributed by atoms with Gasteiger partial charge in [-0.25, -0.2) is 0 Å². The SMILES string of the molecule is Cn1nccc1CNc1ccc(C(=O)NCCO)cc1. The van der Waals surface area contributed by atoms with Gasteiger partial charge in [0, 0.05) is 31.0 Å². The van der Waals surface area contributed by atoms with Gasteiger partial charge < -0.3 is 15.7 Å². The van der Waals surface area contributed by atoms with Gasteiger partial charge in [0.1, 0.15) is 0 Å². The van der Waals surface area contributed by atoms with Crippen LogP contribution in [0.5, 0.6) is 0 Å². The van der Waals surface area contributed by atoms with Crippen LogP contribution in [0.15, 0.2) is 36.5 Å². The molecular formula is C14H18N4O2. The molecule has 0 fully saturated rings. The number of hydrogen-bond acceptors (Lipinski definition) is 4. The van der Waals surface area contributed by atoms with Gasteiger partial charge in [-0.1, -0.05) is 0 Å². The summed E-state index contributed by atoms with van der Waals surface area (Å²) < 4.78 is 1.81. The molecule has 2 rings (SSSR count). The zero-order valence-electron chi connectivity index (χ0n) is 11.3. The molecule has 2 aromatic rings. The minimum absolute atomic E-state index is 0.0594. The van der Waals surface area contributed by atoms with Gasteiger partial charge in [-0.2, -0.15) is 5.10 Å². The Kier molecular flexibility index (Phi) is 4.73. The van der Waals surface area contributed by atoms with E-state index in [9.17, 15) is 4.79 Å². The zero-order chi connectivity index (χ0) is 14.4. The number of anilines is 1. The third-order valence-corrected chi connectivity index (χ3v) is 2.94. The van der Waals surface area contributed by atoms with E-state index in [1.807, 2.05) is 29.9 Å². The maximum Gasteiger partial charge on any atom is 0.251 e. The lowest BCUT2D eigenvalue weighted by molar-refractivity contribution is 0.0945. The van der Waals surface area contributed by atoms with Crippen LogP contribution in [0.25, 0.3) is 0 Å². The van der Waals surface area contributed by atoms with Crippen LogP contribution in [-0.4, -0.2) is 33.9 Å². The normalized spacial score (nSPS) is 10.3. The zero-order valence-corrected chi connectivity index (χ0v) is 11.3. The van der Waals surface area contributed by atoms with Crippen LogP contribution in [0.4, 0.5) is 5.69 Å². The van der Waals surface area contributed by atoms with Crippen molar-refractivity contribution in [3.05, 3.63) is 47.8 Å². The van der Waals surface area contributed by atoms with Crippen molar-refractivity contribution in [1.29, 1.82) is 0 Å². The van der Waals surface area contributed by atoms with E-state index < -0.39 is 0 Å². The van der Waals surface area contributed by atoms with E-state index in [4.69, 9.17) is 5.11 Å². The highest BCUT2D eigenvalue weighted by molar-refractivity contribution is 5.94. The van der Waals surface area contributed by atoms with Crippen molar-refractivity contribution in [2.45, 2.75) is 6.54 Å². The summed E-state index contributed by atoms with van der Waals surface area (Å²) in [7, 11) is 1.89. The molecule has 106 valence electrons. The summed E-state index contributed by atoms with van der Waals surface area (Å²) >= 11 is 0. The Morgan fingerprint density at radius 3 is 2.65 bits per heavy atom. The summed E-state index contributed by atoms with van der Waals surface area (Å²) in [5, 5.41) is 18.6. The average Bonchev–Trinajstić information content (AvgIpc) is 2.88. The molecule has 0 spiro atoms.